The molecule has 7 nitrogen and oxygen atoms in total. The van der Waals surface area contributed by atoms with Crippen LogP contribution < -0.4 is 10.6 Å². The van der Waals surface area contributed by atoms with Gasteiger partial charge in [0.1, 0.15) is 5.56 Å². The van der Waals surface area contributed by atoms with Crippen LogP contribution in [0.5, 0.6) is 0 Å². The van der Waals surface area contributed by atoms with Crippen molar-refractivity contribution in [2.24, 2.45) is 0 Å². The lowest BCUT2D eigenvalue weighted by Gasteiger charge is -2.24. The molecule has 0 bridgehead atoms. The predicted octanol–water partition coefficient (Wildman–Crippen LogP) is 5.35. The second kappa shape index (κ2) is 8.38. The summed E-state index contributed by atoms with van der Waals surface area (Å²) < 4.78 is 41.7. The second-order valence-electron chi connectivity index (χ2n) is 8.74. The third-order valence-corrected chi connectivity index (χ3v) is 6.41. The zero-order valence-electron chi connectivity index (χ0n) is 18.6. The molecule has 1 atom stereocenters. The van der Waals surface area contributed by atoms with E-state index in [4.69, 9.17) is 0 Å². The summed E-state index contributed by atoms with van der Waals surface area (Å²) in [4.78, 5) is 18.8. The Kier molecular flexibility index (Phi) is 5.18. The number of aromatic amines is 2. The van der Waals surface area contributed by atoms with Gasteiger partial charge in [0, 0.05) is 41.4 Å². The maximum absolute atomic E-state index is 13.9. The van der Waals surface area contributed by atoms with E-state index in [0.29, 0.717) is 10.9 Å². The first kappa shape index (κ1) is 21.6. The molecule has 4 N–H and O–H groups in total. The van der Waals surface area contributed by atoms with Crippen LogP contribution in [0.15, 0.2) is 55.1 Å². The zero-order valence-corrected chi connectivity index (χ0v) is 18.6. The van der Waals surface area contributed by atoms with Gasteiger partial charge in [-0.05, 0) is 48.7 Å². The van der Waals surface area contributed by atoms with Gasteiger partial charge >= 0.3 is 6.18 Å². The molecule has 1 aliphatic heterocycles. The molecule has 1 fully saturated rings. The fourth-order valence-electron chi connectivity index (χ4n) is 4.64. The molecule has 1 saturated heterocycles. The van der Waals surface area contributed by atoms with E-state index in [0.717, 1.165) is 59.8 Å². The lowest BCUT2D eigenvalue weighted by Crippen LogP contribution is -2.38. The summed E-state index contributed by atoms with van der Waals surface area (Å²) >= 11 is 0. The molecular weight excluding hydrogens is 455 g/mol. The first-order chi connectivity index (χ1) is 17.0. The standard InChI is InChI=1S/C25H22F3N7/c26-25(27,28)19-12-31-24(34-16-2-1-7-29-10-16)35-23(19)18-11-30-21-8-14(3-5-17(18)21)15-4-6-20-22(9-15)33-13-32-20/h3-6,8-9,11-13,16,29-30H,1-2,7,10H2,(H,32,33)(H,31,34,35)/t16-/m0/s1. The number of fused-ring (bicyclic) bond motifs is 2. The Hall–Kier alpha value is -3.92. The Morgan fingerprint density at radius 2 is 1.80 bits per heavy atom. The number of nitrogens with zero attached hydrogens (tertiary/aromatic N) is 3. The van der Waals surface area contributed by atoms with Gasteiger partial charge in [-0.2, -0.15) is 13.2 Å². The highest BCUT2D eigenvalue weighted by molar-refractivity contribution is 5.98. The highest BCUT2D eigenvalue weighted by Gasteiger charge is 2.36. The van der Waals surface area contributed by atoms with Gasteiger partial charge in [-0.15, -0.1) is 0 Å². The number of piperidine rings is 1. The Labute approximate surface area is 198 Å². The van der Waals surface area contributed by atoms with E-state index in [-0.39, 0.29) is 17.7 Å². The van der Waals surface area contributed by atoms with Crippen LogP contribution in [0, 0.1) is 0 Å². The van der Waals surface area contributed by atoms with Gasteiger partial charge in [0.15, 0.2) is 0 Å². The molecule has 0 spiro atoms. The lowest BCUT2D eigenvalue weighted by molar-refractivity contribution is -0.137. The summed E-state index contributed by atoms with van der Waals surface area (Å²) in [7, 11) is 0. The van der Waals surface area contributed by atoms with Gasteiger partial charge in [0.05, 0.1) is 23.1 Å². The minimum atomic E-state index is -4.58. The molecule has 2 aromatic carbocycles. The maximum Gasteiger partial charge on any atom is 0.419 e. The van der Waals surface area contributed by atoms with E-state index in [1.807, 2.05) is 36.4 Å². The molecule has 6 rings (SSSR count). The van der Waals surface area contributed by atoms with Crippen LogP contribution in [0.25, 0.3) is 44.3 Å². The molecule has 0 radical (unpaired) electrons. The molecule has 1 aliphatic rings. The summed E-state index contributed by atoms with van der Waals surface area (Å²) in [5.41, 5.74) is 3.80. The zero-order chi connectivity index (χ0) is 24.0. The quantitative estimate of drug-likeness (QED) is 0.280. The fourth-order valence-corrected chi connectivity index (χ4v) is 4.64. The molecule has 35 heavy (non-hydrogen) atoms. The average Bonchev–Trinajstić information content (AvgIpc) is 3.50. The van der Waals surface area contributed by atoms with Crippen LogP contribution in [-0.4, -0.2) is 44.1 Å². The number of anilines is 1. The number of alkyl halides is 3. The average molecular weight is 477 g/mol. The van der Waals surface area contributed by atoms with Crippen molar-refractivity contribution >= 4 is 27.9 Å². The smallest absolute Gasteiger partial charge is 0.360 e. The predicted molar refractivity (Wildman–Crippen MR) is 129 cm³/mol. The van der Waals surface area contributed by atoms with Crippen LogP contribution in [-0.2, 0) is 6.18 Å². The van der Waals surface area contributed by atoms with Crippen LogP contribution in [0.4, 0.5) is 19.1 Å². The summed E-state index contributed by atoms with van der Waals surface area (Å²) in [6, 6.07) is 11.6. The number of imidazole rings is 1. The molecule has 0 unspecified atom stereocenters. The van der Waals surface area contributed by atoms with Gasteiger partial charge < -0.3 is 20.6 Å². The van der Waals surface area contributed by atoms with E-state index in [1.165, 1.54) is 0 Å². The van der Waals surface area contributed by atoms with Crippen LogP contribution >= 0.6 is 0 Å². The molecule has 178 valence electrons. The number of rotatable bonds is 4. The molecule has 0 saturated carbocycles. The van der Waals surface area contributed by atoms with Crippen LogP contribution in [0.3, 0.4) is 0 Å². The van der Waals surface area contributed by atoms with Crippen molar-refractivity contribution < 1.29 is 13.2 Å². The van der Waals surface area contributed by atoms with Gasteiger partial charge in [0.2, 0.25) is 5.95 Å². The third kappa shape index (κ3) is 4.10. The van der Waals surface area contributed by atoms with Gasteiger partial charge in [-0.25, -0.2) is 15.0 Å². The molecule has 0 aliphatic carbocycles. The molecule has 4 heterocycles. The van der Waals surface area contributed by atoms with Crippen molar-refractivity contribution in [2.45, 2.75) is 25.1 Å². The first-order valence-electron chi connectivity index (χ1n) is 11.4. The number of aromatic nitrogens is 5. The molecule has 0 amide bonds. The Bertz CT molecular complexity index is 1510. The molecule has 3 aromatic heterocycles. The Balaban J connectivity index is 1.40. The SMILES string of the molecule is FC(F)(F)c1cnc(N[C@H]2CCCNC2)nc1-c1c[nH]c2cc(-c3ccc4nc[nH]c4c3)ccc12. The van der Waals surface area contributed by atoms with Gasteiger partial charge in [-0.1, -0.05) is 18.2 Å². The monoisotopic (exact) mass is 477 g/mol. The lowest BCUT2D eigenvalue weighted by atomic mass is 10.0. The Morgan fingerprint density at radius 3 is 2.60 bits per heavy atom. The number of benzene rings is 2. The number of hydrogen-bond acceptors (Lipinski definition) is 5. The normalized spacial score (nSPS) is 16.7. The third-order valence-electron chi connectivity index (χ3n) is 6.41. The van der Waals surface area contributed by atoms with E-state index in [2.05, 4.69) is 35.6 Å². The van der Waals surface area contributed by atoms with Gasteiger partial charge in [0.25, 0.3) is 0 Å². The summed E-state index contributed by atoms with van der Waals surface area (Å²) in [6.07, 6.45) is 1.41. The summed E-state index contributed by atoms with van der Waals surface area (Å²) in [5, 5.41) is 7.12. The highest BCUT2D eigenvalue weighted by Crippen LogP contribution is 2.39. The second-order valence-corrected chi connectivity index (χ2v) is 8.74. The minimum Gasteiger partial charge on any atom is -0.360 e. The van der Waals surface area contributed by atoms with Crippen LogP contribution in [0.2, 0.25) is 0 Å². The van der Waals surface area contributed by atoms with Crippen LogP contribution in [0.1, 0.15) is 18.4 Å². The maximum atomic E-state index is 13.9. The summed E-state index contributed by atoms with van der Waals surface area (Å²) in [5.74, 6) is 0.195. The van der Waals surface area contributed by atoms with E-state index in [9.17, 15) is 13.2 Å². The number of nitrogens with one attached hydrogen (secondary N) is 4. The minimum absolute atomic E-state index is 0.0751. The van der Waals surface area contributed by atoms with Crippen molar-refractivity contribution in [3.63, 3.8) is 0 Å². The number of H-pyrrole nitrogens is 2. The van der Waals surface area contributed by atoms with Crippen molar-refractivity contribution in [3.8, 4) is 22.4 Å². The molecule has 10 heteroatoms. The molecular formula is C25H22F3N7. The van der Waals surface area contributed by atoms with Crippen molar-refractivity contribution in [1.82, 2.24) is 30.2 Å². The van der Waals surface area contributed by atoms with Crippen molar-refractivity contribution in [2.75, 3.05) is 18.4 Å². The first-order valence-corrected chi connectivity index (χ1v) is 11.4. The topological polar surface area (TPSA) is 94.3 Å². The van der Waals surface area contributed by atoms with E-state index >= 15 is 0 Å². The van der Waals surface area contributed by atoms with E-state index in [1.54, 1.807) is 12.5 Å². The largest absolute Gasteiger partial charge is 0.419 e. The Morgan fingerprint density at radius 1 is 0.971 bits per heavy atom. The number of halogens is 3. The molecule has 5 aromatic rings. The summed E-state index contributed by atoms with van der Waals surface area (Å²) in [6.45, 7) is 1.66. The van der Waals surface area contributed by atoms with E-state index < -0.39 is 11.7 Å². The highest BCUT2D eigenvalue weighted by atomic mass is 19.4. The fraction of sp³-hybridized carbons (Fsp3) is 0.240. The van der Waals surface area contributed by atoms with Crippen molar-refractivity contribution in [1.29, 1.82) is 0 Å². The van der Waals surface area contributed by atoms with Gasteiger partial charge in [-0.3, -0.25) is 0 Å². The van der Waals surface area contributed by atoms with Crippen molar-refractivity contribution in [3.05, 3.63) is 60.7 Å². The number of hydrogen-bond donors (Lipinski definition) is 4.